The molecule has 0 heterocycles. The third kappa shape index (κ3) is 3.22. The smallest absolute Gasteiger partial charge is 0.128 e. The van der Waals surface area contributed by atoms with Gasteiger partial charge in [-0.25, -0.2) is 0 Å². The number of hydrogen-bond acceptors (Lipinski definition) is 3. The van der Waals surface area contributed by atoms with Gasteiger partial charge in [0.25, 0.3) is 0 Å². The first-order valence-corrected chi connectivity index (χ1v) is 5.16. The maximum absolute atomic E-state index is 8.88. The van der Waals surface area contributed by atoms with Gasteiger partial charge in [-0.3, -0.25) is 0 Å². The molecule has 0 aliphatic carbocycles. The van der Waals surface area contributed by atoms with Crippen molar-refractivity contribution in [3.8, 4) is 17.9 Å². The first kappa shape index (κ1) is 12.5. The fourth-order valence-electron chi connectivity index (χ4n) is 1.27. The molecule has 0 aromatic heterocycles. The van der Waals surface area contributed by atoms with Crippen LogP contribution in [0.25, 0.3) is 0 Å². The van der Waals surface area contributed by atoms with Crippen LogP contribution in [-0.4, -0.2) is 0 Å². The van der Waals surface area contributed by atoms with E-state index in [2.05, 4.69) is 0 Å². The molecule has 17 heavy (non-hydrogen) atoms. The second-order valence-electron chi connectivity index (χ2n) is 3.22. The summed E-state index contributed by atoms with van der Waals surface area (Å²) in [6, 6.07) is 8.74. The average Bonchev–Trinajstić information content (AvgIpc) is 2.38. The Hall–Kier alpha value is -2.52. The van der Waals surface area contributed by atoms with Crippen molar-refractivity contribution < 1.29 is 4.74 Å². The quantitative estimate of drug-likeness (QED) is 0.584. The Balaban J connectivity index is 3.03. The molecule has 0 saturated heterocycles. The Morgan fingerprint density at radius 3 is 2.41 bits per heavy atom. The standard InChI is InChI=1S/C14H12N2O/c1-3-5-13(4-2)17-14-7-6-11(9-15)12(8-14)10-16/h3-8H,1-2H3/b5-3-,13-4+. The lowest BCUT2D eigenvalue weighted by molar-refractivity contribution is 0.443. The number of ether oxygens (including phenoxy) is 1. The lowest BCUT2D eigenvalue weighted by Crippen LogP contribution is -1.93. The lowest BCUT2D eigenvalue weighted by Gasteiger charge is -2.06. The summed E-state index contributed by atoms with van der Waals surface area (Å²) in [6.07, 6.45) is 5.51. The summed E-state index contributed by atoms with van der Waals surface area (Å²) in [4.78, 5) is 0. The molecule has 1 aromatic carbocycles. The van der Waals surface area contributed by atoms with E-state index in [1.165, 1.54) is 0 Å². The van der Waals surface area contributed by atoms with Gasteiger partial charge < -0.3 is 4.74 Å². The monoisotopic (exact) mass is 224 g/mol. The van der Waals surface area contributed by atoms with E-state index in [9.17, 15) is 0 Å². The molecule has 0 bridgehead atoms. The van der Waals surface area contributed by atoms with Crippen molar-refractivity contribution in [2.75, 3.05) is 0 Å². The minimum atomic E-state index is 0.320. The summed E-state index contributed by atoms with van der Waals surface area (Å²) >= 11 is 0. The van der Waals surface area contributed by atoms with Crippen molar-refractivity contribution in [2.45, 2.75) is 13.8 Å². The van der Waals surface area contributed by atoms with Gasteiger partial charge in [0.05, 0.1) is 11.1 Å². The highest BCUT2D eigenvalue weighted by Gasteiger charge is 2.04. The van der Waals surface area contributed by atoms with Crippen molar-refractivity contribution in [3.63, 3.8) is 0 Å². The summed E-state index contributed by atoms with van der Waals surface area (Å²) in [5.41, 5.74) is 0.675. The maximum atomic E-state index is 8.88. The van der Waals surface area contributed by atoms with Crippen molar-refractivity contribution in [3.05, 3.63) is 53.3 Å². The number of benzene rings is 1. The van der Waals surface area contributed by atoms with Crippen LogP contribution in [0.3, 0.4) is 0 Å². The molecule has 0 N–H and O–H groups in total. The molecule has 0 aliphatic rings. The minimum absolute atomic E-state index is 0.320. The second kappa shape index (κ2) is 6.15. The zero-order valence-electron chi connectivity index (χ0n) is 9.77. The van der Waals surface area contributed by atoms with Gasteiger partial charge in [-0.15, -0.1) is 0 Å². The van der Waals surface area contributed by atoms with Crippen molar-refractivity contribution in [1.29, 1.82) is 10.5 Å². The molecule has 0 unspecified atom stereocenters. The molecule has 1 aromatic rings. The van der Waals surface area contributed by atoms with Crippen LogP contribution in [0, 0.1) is 22.7 Å². The van der Waals surface area contributed by atoms with Gasteiger partial charge in [0.15, 0.2) is 0 Å². The zero-order chi connectivity index (χ0) is 12.7. The van der Waals surface area contributed by atoms with Crippen LogP contribution in [0.15, 0.2) is 42.2 Å². The Labute approximate surface area is 101 Å². The van der Waals surface area contributed by atoms with Crippen molar-refractivity contribution >= 4 is 0 Å². The highest BCUT2D eigenvalue weighted by atomic mass is 16.5. The van der Waals surface area contributed by atoms with E-state index in [-0.39, 0.29) is 0 Å². The van der Waals surface area contributed by atoms with Crippen LogP contribution in [0.1, 0.15) is 25.0 Å². The lowest BCUT2D eigenvalue weighted by atomic mass is 10.1. The van der Waals surface area contributed by atoms with Crippen LogP contribution >= 0.6 is 0 Å². The number of rotatable bonds is 3. The van der Waals surface area contributed by atoms with Crippen molar-refractivity contribution in [2.24, 2.45) is 0 Å². The number of hydrogen-bond donors (Lipinski definition) is 0. The number of nitrogens with zero attached hydrogens (tertiary/aromatic N) is 2. The van der Waals surface area contributed by atoms with E-state index in [1.807, 2.05) is 44.2 Å². The third-order valence-electron chi connectivity index (χ3n) is 2.08. The number of nitriles is 2. The molecule has 3 heteroatoms. The second-order valence-corrected chi connectivity index (χ2v) is 3.22. The SMILES string of the molecule is C/C=C\C(=C/C)Oc1ccc(C#N)c(C#N)c1. The van der Waals surface area contributed by atoms with Gasteiger partial charge in [-0.2, -0.15) is 10.5 Å². The molecule has 0 fully saturated rings. The average molecular weight is 224 g/mol. The van der Waals surface area contributed by atoms with E-state index in [4.69, 9.17) is 15.3 Å². The molecule has 3 nitrogen and oxygen atoms in total. The van der Waals surface area contributed by atoms with Crippen LogP contribution in [0.5, 0.6) is 5.75 Å². The van der Waals surface area contributed by atoms with E-state index in [1.54, 1.807) is 18.2 Å². The van der Waals surface area contributed by atoms with Gasteiger partial charge in [-0.05, 0) is 44.2 Å². The highest BCUT2D eigenvalue weighted by molar-refractivity contribution is 5.49. The molecule has 0 radical (unpaired) electrons. The molecule has 0 saturated carbocycles. The summed E-state index contributed by atoms with van der Waals surface area (Å²) in [6.45, 7) is 3.76. The Bertz CT molecular complexity index is 542. The molecule has 0 spiro atoms. The molecule has 1 rings (SSSR count). The Morgan fingerprint density at radius 1 is 1.18 bits per heavy atom. The fourth-order valence-corrected chi connectivity index (χ4v) is 1.27. The van der Waals surface area contributed by atoms with Gasteiger partial charge >= 0.3 is 0 Å². The Kier molecular flexibility index (Phi) is 4.54. The molecular formula is C14H12N2O. The van der Waals surface area contributed by atoms with Gasteiger partial charge in [0.2, 0.25) is 0 Å². The van der Waals surface area contributed by atoms with Crippen LogP contribution < -0.4 is 4.74 Å². The zero-order valence-corrected chi connectivity index (χ0v) is 9.77. The summed E-state index contributed by atoms with van der Waals surface area (Å²) in [7, 11) is 0. The van der Waals surface area contributed by atoms with E-state index in [0.717, 1.165) is 0 Å². The summed E-state index contributed by atoms with van der Waals surface area (Å²) in [5.74, 6) is 1.24. The molecule has 0 aliphatic heterocycles. The fraction of sp³-hybridized carbons (Fsp3) is 0.143. The molecular weight excluding hydrogens is 212 g/mol. The third-order valence-corrected chi connectivity index (χ3v) is 2.08. The van der Waals surface area contributed by atoms with Gasteiger partial charge in [0, 0.05) is 0 Å². The minimum Gasteiger partial charge on any atom is -0.458 e. The maximum Gasteiger partial charge on any atom is 0.128 e. The van der Waals surface area contributed by atoms with Crippen molar-refractivity contribution in [1.82, 2.24) is 0 Å². The van der Waals surface area contributed by atoms with Crippen LogP contribution in [0.4, 0.5) is 0 Å². The number of allylic oxidation sites excluding steroid dienone is 3. The molecule has 84 valence electrons. The highest BCUT2D eigenvalue weighted by Crippen LogP contribution is 2.19. The predicted molar refractivity (Wildman–Crippen MR) is 65.1 cm³/mol. The largest absolute Gasteiger partial charge is 0.458 e. The predicted octanol–water partition coefficient (Wildman–Crippen LogP) is 3.29. The first-order valence-electron chi connectivity index (χ1n) is 5.16. The van der Waals surface area contributed by atoms with Crippen LogP contribution in [0.2, 0.25) is 0 Å². The van der Waals surface area contributed by atoms with Crippen LogP contribution in [-0.2, 0) is 0 Å². The topological polar surface area (TPSA) is 56.8 Å². The summed E-state index contributed by atoms with van der Waals surface area (Å²) < 4.78 is 5.56. The summed E-state index contributed by atoms with van der Waals surface area (Å²) in [5, 5.41) is 17.7. The molecule has 0 amide bonds. The molecule has 0 atom stereocenters. The van der Waals surface area contributed by atoms with E-state index in [0.29, 0.717) is 22.6 Å². The Morgan fingerprint density at radius 2 is 1.88 bits per heavy atom. The normalized spacial score (nSPS) is 10.9. The van der Waals surface area contributed by atoms with E-state index < -0.39 is 0 Å². The van der Waals surface area contributed by atoms with Gasteiger partial charge in [-0.1, -0.05) is 6.08 Å². The van der Waals surface area contributed by atoms with E-state index >= 15 is 0 Å². The first-order chi connectivity index (χ1) is 8.24. The van der Waals surface area contributed by atoms with Gasteiger partial charge in [0.1, 0.15) is 23.6 Å².